The topological polar surface area (TPSA) is 41.3 Å². The molecule has 1 atom stereocenters. The molecule has 2 rings (SSSR count). The van der Waals surface area contributed by atoms with E-state index in [1.165, 1.54) is 37.2 Å². The molecule has 3 heteroatoms. The predicted molar refractivity (Wildman–Crippen MR) is 77.7 cm³/mol. The molecule has 3 nitrogen and oxygen atoms in total. The standard InChI is InChI=1S/C15H25N3/c1-2-14(16)11-17-15-7-5-13(6-8-15)12-18-9-3-4-10-18/h5-8,14,17H,2-4,9-12,16H2,1H3. The molecule has 1 aliphatic heterocycles. The van der Waals surface area contributed by atoms with E-state index in [2.05, 4.69) is 41.4 Å². The molecular weight excluding hydrogens is 222 g/mol. The van der Waals surface area contributed by atoms with Gasteiger partial charge < -0.3 is 11.1 Å². The van der Waals surface area contributed by atoms with E-state index < -0.39 is 0 Å². The van der Waals surface area contributed by atoms with Crippen molar-refractivity contribution in [2.75, 3.05) is 25.0 Å². The maximum Gasteiger partial charge on any atom is 0.0340 e. The Bertz CT molecular complexity index is 341. The van der Waals surface area contributed by atoms with Crippen LogP contribution >= 0.6 is 0 Å². The van der Waals surface area contributed by atoms with Crippen LogP contribution in [0.4, 0.5) is 5.69 Å². The van der Waals surface area contributed by atoms with Gasteiger partial charge in [-0.1, -0.05) is 19.1 Å². The predicted octanol–water partition coefficient (Wildman–Crippen LogP) is 2.43. The van der Waals surface area contributed by atoms with E-state index in [0.29, 0.717) is 0 Å². The third-order valence-corrected chi connectivity index (χ3v) is 3.65. The van der Waals surface area contributed by atoms with E-state index in [4.69, 9.17) is 5.73 Å². The summed E-state index contributed by atoms with van der Waals surface area (Å²) in [5.41, 5.74) is 8.47. The number of likely N-dealkylation sites (tertiary alicyclic amines) is 1. The van der Waals surface area contributed by atoms with Crippen LogP contribution in [0.3, 0.4) is 0 Å². The van der Waals surface area contributed by atoms with Gasteiger partial charge in [-0.05, 0) is 50.0 Å². The lowest BCUT2D eigenvalue weighted by Gasteiger charge is -2.15. The van der Waals surface area contributed by atoms with Crippen molar-refractivity contribution in [3.05, 3.63) is 29.8 Å². The minimum atomic E-state index is 0.245. The smallest absolute Gasteiger partial charge is 0.0340 e. The molecule has 1 saturated heterocycles. The summed E-state index contributed by atoms with van der Waals surface area (Å²) in [4.78, 5) is 2.52. The maximum atomic E-state index is 5.89. The van der Waals surface area contributed by atoms with Crippen molar-refractivity contribution in [3.8, 4) is 0 Å². The second-order valence-electron chi connectivity index (χ2n) is 5.23. The molecular formula is C15H25N3. The van der Waals surface area contributed by atoms with Crippen LogP contribution in [0.1, 0.15) is 31.7 Å². The van der Waals surface area contributed by atoms with Gasteiger partial charge in [0, 0.05) is 24.8 Å². The van der Waals surface area contributed by atoms with Crippen LogP contribution in [0, 0.1) is 0 Å². The summed E-state index contributed by atoms with van der Waals surface area (Å²) in [6, 6.07) is 9.01. The Morgan fingerprint density at radius 1 is 1.22 bits per heavy atom. The van der Waals surface area contributed by atoms with Gasteiger partial charge in [-0.2, -0.15) is 0 Å². The van der Waals surface area contributed by atoms with Gasteiger partial charge in [0.2, 0.25) is 0 Å². The summed E-state index contributed by atoms with van der Waals surface area (Å²) < 4.78 is 0. The molecule has 1 aromatic rings. The number of nitrogens with two attached hydrogens (primary N) is 1. The van der Waals surface area contributed by atoms with Crippen LogP contribution < -0.4 is 11.1 Å². The number of nitrogens with one attached hydrogen (secondary N) is 1. The second kappa shape index (κ2) is 6.76. The molecule has 0 amide bonds. The van der Waals surface area contributed by atoms with Crippen LogP contribution in [-0.2, 0) is 6.54 Å². The first kappa shape index (κ1) is 13.4. The van der Waals surface area contributed by atoms with E-state index in [0.717, 1.165) is 19.5 Å². The molecule has 0 spiro atoms. The largest absolute Gasteiger partial charge is 0.383 e. The Hall–Kier alpha value is -1.06. The van der Waals surface area contributed by atoms with E-state index in [1.54, 1.807) is 0 Å². The lowest BCUT2D eigenvalue weighted by atomic mass is 10.2. The molecule has 0 bridgehead atoms. The van der Waals surface area contributed by atoms with Crippen LogP contribution in [0.2, 0.25) is 0 Å². The fraction of sp³-hybridized carbons (Fsp3) is 0.600. The normalized spacial score (nSPS) is 17.9. The van der Waals surface area contributed by atoms with E-state index >= 15 is 0 Å². The van der Waals surface area contributed by atoms with Gasteiger partial charge in [0.25, 0.3) is 0 Å². The zero-order valence-corrected chi connectivity index (χ0v) is 11.4. The number of hydrogen-bond donors (Lipinski definition) is 2. The van der Waals surface area contributed by atoms with Gasteiger partial charge in [0.15, 0.2) is 0 Å². The number of anilines is 1. The number of rotatable bonds is 6. The van der Waals surface area contributed by atoms with Gasteiger partial charge in [0.05, 0.1) is 0 Å². The Labute approximate surface area is 110 Å². The molecule has 0 saturated carbocycles. The number of nitrogens with zero attached hydrogens (tertiary/aromatic N) is 1. The van der Waals surface area contributed by atoms with Gasteiger partial charge in [0.1, 0.15) is 0 Å². The van der Waals surface area contributed by atoms with Gasteiger partial charge >= 0.3 is 0 Å². The van der Waals surface area contributed by atoms with Crippen LogP contribution in [0.15, 0.2) is 24.3 Å². The highest BCUT2D eigenvalue weighted by Gasteiger charge is 2.11. The molecule has 1 aromatic carbocycles. The van der Waals surface area contributed by atoms with Crippen molar-refractivity contribution < 1.29 is 0 Å². The lowest BCUT2D eigenvalue weighted by molar-refractivity contribution is 0.331. The first-order chi connectivity index (χ1) is 8.78. The summed E-state index contributed by atoms with van der Waals surface area (Å²) in [7, 11) is 0. The van der Waals surface area contributed by atoms with Crippen molar-refractivity contribution >= 4 is 5.69 Å². The fourth-order valence-corrected chi connectivity index (χ4v) is 2.32. The Kier molecular flexibility index (Phi) is 5.02. The summed E-state index contributed by atoms with van der Waals surface area (Å²) in [5.74, 6) is 0. The molecule has 0 aliphatic carbocycles. The molecule has 100 valence electrons. The molecule has 1 unspecified atom stereocenters. The summed E-state index contributed by atoms with van der Waals surface area (Å²) in [5, 5.41) is 3.38. The molecule has 3 N–H and O–H groups in total. The molecule has 1 fully saturated rings. The van der Waals surface area contributed by atoms with Crippen LogP contribution in [-0.4, -0.2) is 30.6 Å². The molecule has 0 radical (unpaired) electrons. The summed E-state index contributed by atoms with van der Waals surface area (Å²) in [6.45, 7) is 6.57. The van der Waals surface area contributed by atoms with Crippen molar-refractivity contribution in [1.29, 1.82) is 0 Å². The average Bonchev–Trinajstić information content (AvgIpc) is 2.90. The lowest BCUT2D eigenvalue weighted by Crippen LogP contribution is -2.27. The maximum absolute atomic E-state index is 5.89. The molecule has 0 aromatic heterocycles. The summed E-state index contributed by atoms with van der Waals surface area (Å²) in [6.07, 6.45) is 3.73. The van der Waals surface area contributed by atoms with Gasteiger partial charge in [-0.25, -0.2) is 0 Å². The fourth-order valence-electron chi connectivity index (χ4n) is 2.32. The van der Waals surface area contributed by atoms with E-state index in [-0.39, 0.29) is 6.04 Å². The third-order valence-electron chi connectivity index (χ3n) is 3.65. The highest BCUT2D eigenvalue weighted by Crippen LogP contribution is 2.15. The van der Waals surface area contributed by atoms with Crippen molar-refractivity contribution in [2.45, 2.75) is 38.8 Å². The molecule has 18 heavy (non-hydrogen) atoms. The number of benzene rings is 1. The van der Waals surface area contributed by atoms with Crippen LogP contribution in [0.25, 0.3) is 0 Å². The van der Waals surface area contributed by atoms with E-state index in [1.807, 2.05) is 0 Å². The van der Waals surface area contributed by atoms with Crippen molar-refractivity contribution in [2.24, 2.45) is 5.73 Å². The zero-order chi connectivity index (χ0) is 12.8. The van der Waals surface area contributed by atoms with Gasteiger partial charge in [-0.3, -0.25) is 4.90 Å². The van der Waals surface area contributed by atoms with Gasteiger partial charge in [-0.15, -0.1) is 0 Å². The molecule has 1 heterocycles. The highest BCUT2D eigenvalue weighted by atomic mass is 15.1. The van der Waals surface area contributed by atoms with Crippen molar-refractivity contribution in [1.82, 2.24) is 4.90 Å². The van der Waals surface area contributed by atoms with E-state index in [9.17, 15) is 0 Å². The monoisotopic (exact) mass is 247 g/mol. The minimum absolute atomic E-state index is 0.245. The zero-order valence-electron chi connectivity index (χ0n) is 11.4. The Balaban J connectivity index is 1.81. The van der Waals surface area contributed by atoms with Crippen molar-refractivity contribution in [3.63, 3.8) is 0 Å². The second-order valence-corrected chi connectivity index (χ2v) is 5.23. The minimum Gasteiger partial charge on any atom is -0.383 e. The third kappa shape index (κ3) is 4.00. The summed E-state index contributed by atoms with van der Waals surface area (Å²) >= 11 is 0. The molecule has 1 aliphatic rings. The average molecular weight is 247 g/mol. The first-order valence-electron chi connectivity index (χ1n) is 7.08. The first-order valence-corrected chi connectivity index (χ1v) is 7.08. The number of hydrogen-bond acceptors (Lipinski definition) is 3. The van der Waals surface area contributed by atoms with Crippen LogP contribution in [0.5, 0.6) is 0 Å². The quantitative estimate of drug-likeness (QED) is 0.811. The Morgan fingerprint density at radius 2 is 1.89 bits per heavy atom. The Morgan fingerprint density at radius 3 is 2.50 bits per heavy atom. The highest BCUT2D eigenvalue weighted by molar-refractivity contribution is 5.44. The SMILES string of the molecule is CCC(N)CNc1ccc(CN2CCCC2)cc1.